The number of sulfonamides is 1. The summed E-state index contributed by atoms with van der Waals surface area (Å²) in [6.45, 7) is 3.97. The molecule has 0 bridgehead atoms. The highest BCUT2D eigenvalue weighted by Gasteiger charge is 2.16. The fourth-order valence-electron chi connectivity index (χ4n) is 2.60. The molecule has 1 N–H and O–H groups in total. The van der Waals surface area contributed by atoms with E-state index in [1.54, 1.807) is 18.2 Å². The minimum atomic E-state index is -3.84. The predicted octanol–water partition coefficient (Wildman–Crippen LogP) is 4.03. The topological polar surface area (TPSA) is 51.1 Å². The van der Waals surface area contributed by atoms with Crippen molar-refractivity contribution < 1.29 is 12.8 Å². The van der Waals surface area contributed by atoms with Crippen molar-refractivity contribution in [2.75, 3.05) is 4.72 Å². The second-order valence-corrected chi connectivity index (χ2v) is 7.21. The van der Waals surface area contributed by atoms with Gasteiger partial charge in [0.05, 0.1) is 10.6 Å². The van der Waals surface area contributed by atoms with Gasteiger partial charge >= 0.3 is 0 Å². The van der Waals surface area contributed by atoms with Crippen molar-refractivity contribution in [1.82, 2.24) is 4.57 Å². The average molecular weight is 344 g/mol. The summed E-state index contributed by atoms with van der Waals surface area (Å²) < 4.78 is 42.7. The van der Waals surface area contributed by atoms with Gasteiger partial charge in [0.25, 0.3) is 10.0 Å². The van der Waals surface area contributed by atoms with Gasteiger partial charge in [0, 0.05) is 17.1 Å². The summed E-state index contributed by atoms with van der Waals surface area (Å²) in [4.78, 5) is 0.0805. The van der Waals surface area contributed by atoms with Gasteiger partial charge in [-0.1, -0.05) is 12.1 Å². The Morgan fingerprint density at radius 2 is 1.46 bits per heavy atom. The summed E-state index contributed by atoms with van der Waals surface area (Å²) in [7, 11) is -3.84. The zero-order valence-electron chi connectivity index (χ0n) is 13.3. The maximum atomic E-state index is 13.6. The van der Waals surface area contributed by atoms with Crippen LogP contribution in [0.25, 0.3) is 5.69 Å². The molecule has 0 fully saturated rings. The fraction of sp³-hybridized carbons (Fsp3) is 0.111. The summed E-state index contributed by atoms with van der Waals surface area (Å²) in [6.07, 6.45) is 0. The van der Waals surface area contributed by atoms with Crippen molar-refractivity contribution >= 4 is 15.7 Å². The smallest absolute Gasteiger partial charge is 0.261 e. The maximum absolute atomic E-state index is 13.6. The molecule has 4 nitrogen and oxygen atoms in total. The average Bonchev–Trinajstić information content (AvgIpc) is 2.88. The van der Waals surface area contributed by atoms with E-state index < -0.39 is 15.8 Å². The molecule has 3 aromatic rings. The molecule has 0 unspecified atom stereocenters. The largest absolute Gasteiger partial charge is 0.319 e. The Hall–Kier alpha value is -2.60. The predicted molar refractivity (Wildman–Crippen MR) is 92.5 cm³/mol. The molecule has 1 aromatic heterocycles. The van der Waals surface area contributed by atoms with E-state index >= 15 is 0 Å². The molecule has 1 heterocycles. The van der Waals surface area contributed by atoms with Crippen LogP contribution in [0.2, 0.25) is 0 Å². The molecule has 3 rings (SSSR count). The standard InChI is InChI=1S/C18H17FN2O2S/c1-13-7-8-14(2)21(13)15-9-11-16(12-10-15)24(22,23)20-18-6-4-3-5-17(18)19/h3-12,20H,1-2H3. The molecule has 0 aliphatic rings. The Balaban J connectivity index is 1.91. The number of halogens is 1. The Bertz CT molecular complexity index is 957. The van der Waals surface area contributed by atoms with Crippen LogP contribution in [0.3, 0.4) is 0 Å². The third-order valence-corrected chi connectivity index (χ3v) is 5.18. The van der Waals surface area contributed by atoms with Crippen molar-refractivity contribution in [3.63, 3.8) is 0 Å². The van der Waals surface area contributed by atoms with E-state index in [4.69, 9.17) is 0 Å². The molecule has 0 saturated heterocycles. The van der Waals surface area contributed by atoms with Crippen LogP contribution in [0.15, 0.2) is 65.6 Å². The summed E-state index contributed by atoms with van der Waals surface area (Å²) in [5.41, 5.74) is 2.93. The first-order chi connectivity index (χ1) is 11.4. The fourth-order valence-corrected chi connectivity index (χ4v) is 3.67. The van der Waals surface area contributed by atoms with E-state index in [0.717, 1.165) is 17.1 Å². The molecule has 0 radical (unpaired) electrons. The minimum absolute atomic E-state index is 0.0707. The van der Waals surface area contributed by atoms with Crippen molar-refractivity contribution in [2.24, 2.45) is 0 Å². The number of anilines is 1. The van der Waals surface area contributed by atoms with Crippen LogP contribution < -0.4 is 4.72 Å². The lowest BCUT2D eigenvalue weighted by molar-refractivity contribution is 0.598. The quantitative estimate of drug-likeness (QED) is 0.777. The molecule has 0 spiro atoms. The van der Waals surface area contributed by atoms with Crippen molar-refractivity contribution in [1.29, 1.82) is 0 Å². The molecule has 0 atom stereocenters. The highest BCUT2D eigenvalue weighted by atomic mass is 32.2. The zero-order chi connectivity index (χ0) is 17.3. The van der Waals surface area contributed by atoms with E-state index in [-0.39, 0.29) is 10.6 Å². The number of benzene rings is 2. The summed E-state index contributed by atoms with van der Waals surface area (Å²) >= 11 is 0. The SMILES string of the molecule is Cc1ccc(C)n1-c1ccc(S(=O)(=O)Nc2ccccc2F)cc1. The summed E-state index contributed by atoms with van der Waals surface area (Å²) in [6, 6.07) is 16.2. The second kappa shape index (κ2) is 6.13. The Morgan fingerprint density at radius 1 is 0.875 bits per heavy atom. The number of rotatable bonds is 4. The van der Waals surface area contributed by atoms with Gasteiger partial charge in [0.15, 0.2) is 0 Å². The molecular weight excluding hydrogens is 327 g/mol. The number of nitrogens with one attached hydrogen (secondary N) is 1. The third-order valence-electron chi connectivity index (χ3n) is 3.79. The van der Waals surface area contributed by atoms with Crippen LogP contribution in [-0.2, 0) is 10.0 Å². The lowest BCUT2D eigenvalue weighted by atomic mass is 10.3. The van der Waals surface area contributed by atoms with Gasteiger partial charge in [0.2, 0.25) is 0 Å². The zero-order valence-corrected chi connectivity index (χ0v) is 14.1. The molecule has 2 aromatic carbocycles. The second-order valence-electron chi connectivity index (χ2n) is 5.53. The van der Waals surface area contributed by atoms with Gasteiger partial charge in [-0.15, -0.1) is 0 Å². The Morgan fingerprint density at radius 3 is 2.04 bits per heavy atom. The van der Waals surface area contributed by atoms with Crippen LogP contribution >= 0.6 is 0 Å². The summed E-state index contributed by atoms with van der Waals surface area (Å²) in [5.74, 6) is -0.615. The van der Waals surface area contributed by atoms with E-state index in [1.807, 2.05) is 30.5 Å². The molecule has 0 aliphatic heterocycles. The molecular formula is C18H17FN2O2S. The van der Waals surface area contributed by atoms with Crippen LogP contribution in [0, 0.1) is 19.7 Å². The molecule has 6 heteroatoms. The van der Waals surface area contributed by atoms with Gasteiger partial charge in [-0.3, -0.25) is 4.72 Å². The highest BCUT2D eigenvalue weighted by Crippen LogP contribution is 2.21. The van der Waals surface area contributed by atoms with Gasteiger partial charge < -0.3 is 4.57 Å². The lowest BCUT2D eigenvalue weighted by Crippen LogP contribution is -2.14. The molecule has 0 saturated carbocycles. The monoisotopic (exact) mass is 344 g/mol. The van der Waals surface area contributed by atoms with Crippen molar-refractivity contribution in [2.45, 2.75) is 18.7 Å². The van der Waals surface area contributed by atoms with E-state index in [9.17, 15) is 12.8 Å². The molecule has 0 amide bonds. The van der Waals surface area contributed by atoms with Gasteiger partial charge in [0.1, 0.15) is 5.82 Å². The first kappa shape index (κ1) is 16.3. The van der Waals surface area contributed by atoms with E-state index in [2.05, 4.69) is 4.72 Å². The maximum Gasteiger partial charge on any atom is 0.261 e. The number of aromatic nitrogens is 1. The van der Waals surface area contributed by atoms with Crippen molar-refractivity contribution in [3.05, 3.63) is 77.9 Å². The van der Waals surface area contributed by atoms with Crippen LogP contribution in [-0.4, -0.2) is 13.0 Å². The molecule has 124 valence electrons. The number of nitrogens with zero attached hydrogens (tertiary/aromatic N) is 1. The number of aryl methyl sites for hydroxylation is 2. The van der Waals surface area contributed by atoms with Crippen molar-refractivity contribution in [3.8, 4) is 5.69 Å². The normalized spacial score (nSPS) is 11.5. The van der Waals surface area contributed by atoms with Gasteiger partial charge in [-0.2, -0.15) is 0 Å². The third kappa shape index (κ3) is 3.05. The first-order valence-electron chi connectivity index (χ1n) is 7.41. The van der Waals surface area contributed by atoms with E-state index in [1.165, 1.54) is 30.3 Å². The summed E-state index contributed by atoms with van der Waals surface area (Å²) in [5, 5.41) is 0. The van der Waals surface area contributed by atoms with E-state index in [0.29, 0.717) is 0 Å². The van der Waals surface area contributed by atoms with Gasteiger partial charge in [-0.05, 0) is 62.4 Å². The highest BCUT2D eigenvalue weighted by molar-refractivity contribution is 7.92. The van der Waals surface area contributed by atoms with Crippen LogP contribution in [0.1, 0.15) is 11.4 Å². The van der Waals surface area contributed by atoms with Crippen LogP contribution in [0.5, 0.6) is 0 Å². The van der Waals surface area contributed by atoms with Gasteiger partial charge in [-0.25, -0.2) is 12.8 Å². The Labute approximate surface area is 140 Å². The number of hydrogen-bond donors (Lipinski definition) is 1. The molecule has 24 heavy (non-hydrogen) atoms. The van der Waals surface area contributed by atoms with Crippen LogP contribution in [0.4, 0.5) is 10.1 Å². The number of para-hydroxylation sites is 1. The lowest BCUT2D eigenvalue weighted by Gasteiger charge is -2.12. The number of hydrogen-bond acceptors (Lipinski definition) is 2. The first-order valence-corrected chi connectivity index (χ1v) is 8.89. The molecule has 0 aliphatic carbocycles. The Kier molecular flexibility index (Phi) is 4.15. The minimum Gasteiger partial charge on any atom is -0.319 e.